The summed E-state index contributed by atoms with van der Waals surface area (Å²) in [6.45, 7) is 2.45. The monoisotopic (exact) mass is 504 g/mol. The average Bonchev–Trinajstić information content (AvgIpc) is 3.41. The number of esters is 1. The number of ether oxygens (including phenoxy) is 1. The summed E-state index contributed by atoms with van der Waals surface area (Å²) in [5.41, 5.74) is 2.13. The van der Waals surface area contributed by atoms with Gasteiger partial charge in [-0.1, -0.05) is 29.8 Å². The normalized spacial score (nSPS) is 12.1. The highest BCUT2D eigenvalue weighted by atomic mass is 35.5. The molecule has 0 aliphatic rings. The number of carbonyl (C=O) groups excluding carboxylic acids is 1. The quantitative estimate of drug-likeness (QED) is 0.258. The van der Waals surface area contributed by atoms with Gasteiger partial charge in [0.1, 0.15) is 9.96 Å². The number of benzene rings is 2. The lowest BCUT2D eigenvalue weighted by Crippen LogP contribution is -2.17. The third-order valence-corrected chi connectivity index (χ3v) is 8.43. The molecule has 10 heteroatoms. The molecule has 0 fully saturated rings. The Labute approximate surface area is 198 Å². The van der Waals surface area contributed by atoms with Gasteiger partial charge >= 0.3 is 5.97 Å². The molecule has 0 bridgehead atoms. The zero-order valence-electron chi connectivity index (χ0n) is 16.8. The zero-order chi connectivity index (χ0) is 22.7. The lowest BCUT2D eigenvalue weighted by molar-refractivity contribution is 0.0735. The second-order valence-corrected chi connectivity index (χ2v) is 10.9. The fourth-order valence-corrected chi connectivity index (χ4v) is 6.61. The molecule has 0 amide bonds. The van der Waals surface area contributed by atoms with Crippen LogP contribution in [0, 0.1) is 0 Å². The molecule has 0 N–H and O–H groups in total. The summed E-state index contributed by atoms with van der Waals surface area (Å²) in [6.07, 6.45) is 0. The molecule has 0 spiro atoms. The van der Waals surface area contributed by atoms with Crippen LogP contribution in [-0.4, -0.2) is 19.0 Å². The molecule has 2 aromatic heterocycles. The summed E-state index contributed by atoms with van der Waals surface area (Å²) in [7, 11) is -3.85. The molecule has 0 saturated carbocycles. The molecule has 4 rings (SSSR count). The van der Waals surface area contributed by atoms with E-state index >= 15 is 0 Å². The number of thiophene rings is 1. The highest BCUT2D eigenvalue weighted by molar-refractivity contribution is 7.92. The third-order valence-electron chi connectivity index (χ3n) is 4.49. The maximum atomic E-state index is 12.6. The summed E-state index contributed by atoms with van der Waals surface area (Å²) < 4.78 is 37.0. The Bertz CT molecular complexity index is 1420. The number of nitrogens with zero attached hydrogens (tertiary/aromatic N) is 2. The minimum absolute atomic E-state index is 0.102. The number of sulfonamides is 1. The molecule has 0 aliphatic carbocycles. The Kier molecular flexibility index (Phi) is 6.61. The number of thiazole rings is 1. The van der Waals surface area contributed by atoms with Crippen molar-refractivity contribution in [2.75, 3.05) is 0 Å². The van der Waals surface area contributed by atoms with Gasteiger partial charge in [0.25, 0.3) is 10.0 Å². The van der Waals surface area contributed by atoms with Gasteiger partial charge in [-0.15, -0.1) is 27.1 Å². The van der Waals surface area contributed by atoms with E-state index in [1.54, 1.807) is 36.4 Å². The van der Waals surface area contributed by atoms with E-state index in [2.05, 4.69) is 4.40 Å². The van der Waals surface area contributed by atoms with Crippen molar-refractivity contribution in [1.82, 2.24) is 4.57 Å². The standard InChI is InChI=1S/C22H17ClN2O4S3/c1-2-25-18(14-30-22(25)24-32(27,28)20-13-12-19(23)31-20)15-8-10-17(11-9-15)29-21(26)16-6-4-3-5-7-16/h3-14H,2H2,1H3/b24-22+. The van der Waals surface area contributed by atoms with Gasteiger partial charge in [0, 0.05) is 11.9 Å². The molecule has 2 aromatic carbocycles. The molecule has 0 atom stereocenters. The van der Waals surface area contributed by atoms with E-state index in [4.69, 9.17) is 16.3 Å². The fraction of sp³-hybridized carbons (Fsp3) is 0.0909. The molecule has 2 heterocycles. The average molecular weight is 505 g/mol. The summed E-state index contributed by atoms with van der Waals surface area (Å²) >= 11 is 8.08. The first-order valence-corrected chi connectivity index (χ1v) is 13.0. The van der Waals surface area contributed by atoms with Gasteiger partial charge in [-0.05, 0) is 61.0 Å². The van der Waals surface area contributed by atoms with Crippen molar-refractivity contribution in [3.05, 3.63) is 86.8 Å². The van der Waals surface area contributed by atoms with E-state index in [1.165, 1.54) is 23.5 Å². The fourth-order valence-electron chi connectivity index (χ4n) is 2.96. The van der Waals surface area contributed by atoms with Crippen LogP contribution in [0.2, 0.25) is 4.34 Å². The second kappa shape index (κ2) is 9.41. The smallest absolute Gasteiger partial charge is 0.343 e. The highest BCUT2D eigenvalue weighted by Crippen LogP contribution is 2.27. The lowest BCUT2D eigenvalue weighted by atomic mass is 10.1. The van der Waals surface area contributed by atoms with Crippen molar-refractivity contribution >= 4 is 50.3 Å². The molecule has 164 valence electrons. The molecule has 0 saturated heterocycles. The Morgan fingerprint density at radius 1 is 1.06 bits per heavy atom. The van der Waals surface area contributed by atoms with Crippen molar-refractivity contribution in [3.8, 4) is 17.0 Å². The maximum absolute atomic E-state index is 12.6. The molecule has 0 radical (unpaired) electrons. The van der Waals surface area contributed by atoms with E-state index in [-0.39, 0.29) is 4.21 Å². The van der Waals surface area contributed by atoms with E-state index in [0.717, 1.165) is 22.6 Å². The van der Waals surface area contributed by atoms with Crippen LogP contribution in [-0.2, 0) is 16.6 Å². The first-order chi connectivity index (χ1) is 15.4. The van der Waals surface area contributed by atoms with Gasteiger partial charge in [-0.25, -0.2) is 4.79 Å². The minimum Gasteiger partial charge on any atom is -0.423 e. The van der Waals surface area contributed by atoms with Gasteiger partial charge in [-0.2, -0.15) is 8.42 Å². The number of aromatic nitrogens is 1. The zero-order valence-corrected chi connectivity index (χ0v) is 20.0. The molecule has 32 heavy (non-hydrogen) atoms. The van der Waals surface area contributed by atoms with Gasteiger partial charge in [0.2, 0.25) is 4.80 Å². The van der Waals surface area contributed by atoms with Crippen LogP contribution in [0.15, 0.2) is 80.7 Å². The van der Waals surface area contributed by atoms with Crippen molar-refractivity contribution in [1.29, 1.82) is 0 Å². The number of rotatable bonds is 6. The van der Waals surface area contributed by atoms with Crippen LogP contribution >= 0.6 is 34.3 Å². The van der Waals surface area contributed by atoms with E-state index in [1.807, 2.05) is 35.1 Å². The largest absolute Gasteiger partial charge is 0.423 e. The van der Waals surface area contributed by atoms with Crippen LogP contribution in [0.3, 0.4) is 0 Å². The SMILES string of the molecule is CCn1c(-c2ccc(OC(=O)c3ccccc3)cc2)cs/c1=N/S(=O)(=O)c1ccc(Cl)s1. The predicted octanol–water partition coefficient (Wildman–Crippen LogP) is 5.46. The van der Waals surface area contributed by atoms with Crippen LogP contribution in [0.25, 0.3) is 11.3 Å². The summed E-state index contributed by atoms with van der Waals surface area (Å²) in [5, 5.41) is 1.85. The lowest BCUT2D eigenvalue weighted by Gasteiger charge is -2.08. The molecule has 0 aliphatic heterocycles. The third kappa shape index (κ3) is 4.86. The van der Waals surface area contributed by atoms with Crippen LogP contribution in [0.5, 0.6) is 5.75 Å². The van der Waals surface area contributed by atoms with Crippen molar-refractivity contribution < 1.29 is 17.9 Å². The van der Waals surface area contributed by atoms with Crippen molar-refractivity contribution in [3.63, 3.8) is 0 Å². The van der Waals surface area contributed by atoms with Gasteiger partial charge in [0.05, 0.1) is 15.6 Å². The van der Waals surface area contributed by atoms with E-state index < -0.39 is 16.0 Å². The molecular weight excluding hydrogens is 488 g/mol. The minimum atomic E-state index is -3.85. The number of halogens is 1. The first kappa shape index (κ1) is 22.5. The van der Waals surface area contributed by atoms with Crippen molar-refractivity contribution in [2.45, 2.75) is 17.7 Å². The number of carbonyl (C=O) groups is 1. The highest BCUT2D eigenvalue weighted by Gasteiger charge is 2.17. The van der Waals surface area contributed by atoms with Gasteiger partial charge in [-0.3, -0.25) is 0 Å². The predicted molar refractivity (Wildman–Crippen MR) is 127 cm³/mol. The van der Waals surface area contributed by atoms with Crippen LogP contribution in [0.4, 0.5) is 0 Å². The topological polar surface area (TPSA) is 77.7 Å². The first-order valence-electron chi connectivity index (χ1n) is 9.50. The molecule has 6 nitrogen and oxygen atoms in total. The Hall–Kier alpha value is -2.72. The summed E-state index contributed by atoms with van der Waals surface area (Å²) in [4.78, 5) is 12.6. The van der Waals surface area contributed by atoms with Crippen LogP contribution < -0.4 is 9.54 Å². The number of hydrogen-bond donors (Lipinski definition) is 0. The number of hydrogen-bond acceptors (Lipinski definition) is 6. The van der Waals surface area contributed by atoms with Gasteiger partial charge < -0.3 is 9.30 Å². The second-order valence-electron chi connectivity index (χ2n) is 6.55. The van der Waals surface area contributed by atoms with E-state index in [0.29, 0.717) is 27.0 Å². The van der Waals surface area contributed by atoms with E-state index in [9.17, 15) is 13.2 Å². The van der Waals surface area contributed by atoms with Crippen molar-refractivity contribution in [2.24, 2.45) is 4.40 Å². The molecule has 4 aromatic rings. The summed E-state index contributed by atoms with van der Waals surface area (Å²) in [5.74, 6) is -0.0135. The Balaban J connectivity index is 1.61. The van der Waals surface area contributed by atoms with Gasteiger partial charge in [0.15, 0.2) is 0 Å². The van der Waals surface area contributed by atoms with Crippen LogP contribution in [0.1, 0.15) is 17.3 Å². The molecule has 0 unspecified atom stereocenters. The molecular formula is C22H17ClN2O4S3. The summed E-state index contributed by atoms with van der Waals surface area (Å²) in [6, 6.07) is 18.8. The Morgan fingerprint density at radius 3 is 2.41 bits per heavy atom. The Morgan fingerprint density at radius 2 is 1.78 bits per heavy atom. The maximum Gasteiger partial charge on any atom is 0.343 e.